The largest absolute Gasteiger partial charge is 0.477 e. The van der Waals surface area contributed by atoms with Crippen LogP contribution in [0.2, 0.25) is 0 Å². The number of aromatic carboxylic acids is 1. The predicted molar refractivity (Wildman–Crippen MR) is 110 cm³/mol. The summed E-state index contributed by atoms with van der Waals surface area (Å²) < 4.78 is 65.5. The van der Waals surface area contributed by atoms with E-state index in [2.05, 4.69) is 5.32 Å². The first-order valence-electron chi connectivity index (χ1n) is 10.1. The third-order valence-corrected chi connectivity index (χ3v) is 5.98. The van der Waals surface area contributed by atoms with Crippen molar-refractivity contribution in [1.82, 2.24) is 9.88 Å². The molecule has 2 aliphatic heterocycles. The lowest BCUT2D eigenvalue weighted by atomic mass is 10.1. The summed E-state index contributed by atoms with van der Waals surface area (Å²) in [5.74, 6) is -5.91. The molecule has 0 unspecified atom stereocenters. The highest BCUT2D eigenvalue weighted by Crippen LogP contribution is 2.34. The van der Waals surface area contributed by atoms with Gasteiger partial charge in [-0.1, -0.05) is 0 Å². The fraction of sp³-hybridized carbons (Fsp3) is 0.273. The number of nitrogens with one attached hydrogen (secondary N) is 1. The van der Waals surface area contributed by atoms with Gasteiger partial charge in [-0.25, -0.2) is 22.4 Å². The van der Waals surface area contributed by atoms with Crippen LogP contribution in [0.15, 0.2) is 35.3 Å². The number of hydrogen-bond donors (Lipinski definition) is 2. The van der Waals surface area contributed by atoms with Crippen LogP contribution in [0.25, 0.3) is 16.6 Å². The third kappa shape index (κ3) is 3.44. The zero-order valence-corrected chi connectivity index (χ0v) is 16.9. The average Bonchev–Trinajstić information content (AvgIpc) is 3.18. The number of pyridine rings is 1. The van der Waals surface area contributed by atoms with Gasteiger partial charge in [0.2, 0.25) is 5.43 Å². The van der Waals surface area contributed by atoms with E-state index in [1.54, 1.807) is 0 Å². The van der Waals surface area contributed by atoms with Crippen molar-refractivity contribution in [2.75, 3.05) is 31.1 Å². The summed E-state index contributed by atoms with van der Waals surface area (Å²) in [4.78, 5) is 25.7. The second-order valence-corrected chi connectivity index (χ2v) is 7.93. The van der Waals surface area contributed by atoms with Crippen molar-refractivity contribution in [1.29, 1.82) is 0 Å². The van der Waals surface area contributed by atoms with Crippen molar-refractivity contribution < 1.29 is 32.2 Å². The minimum Gasteiger partial charge on any atom is -0.477 e. The van der Waals surface area contributed by atoms with Crippen LogP contribution >= 0.6 is 0 Å². The van der Waals surface area contributed by atoms with Crippen molar-refractivity contribution in [3.63, 3.8) is 0 Å². The Hall–Kier alpha value is -3.44. The Morgan fingerprint density at radius 1 is 1.12 bits per heavy atom. The van der Waals surface area contributed by atoms with Gasteiger partial charge in [0.1, 0.15) is 28.7 Å². The molecule has 7 nitrogen and oxygen atoms in total. The van der Waals surface area contributed by atoms with Crippen LogP contribution in [0.3, 0.4) is 0 Å². The smallest absolute Gasteiger partial charge is 0.341 e. The molecular weight excluding hydrogens is 446 g/mol. The van der Waals surface area contributed by atoms with Gasteiger partial charge in [-0.3, -0.25) is 4.79 Å². The molecule has 172 valence electrons. The number of halogens is 4. The standard InChI is InChI=1S/C22H17F4N3O4/c23-10-1-2-16(13(24)5-10)29-7-12(22(31)32)21(30)11-6-14(25)20(18(26)19(11)29)28-8-15-17(9-28)33-4-3-27-15/h1-2,5-7,15,17,27H,3-4,8-9H2,(H,31,32)/t15-,17+/m1/s1. The number of nitrogens with zero attached hydrogens (tertiary/aromatic N) is 2. The van der Waals surface area contributed by atoms with Crippen molar-refractivity contribution in [3.8, 4) is 5.69 Å². The summed E-state index contributed by atoms with van der Waals surface area (Å²) in [7, 11) is 0. The van der Waals surface area contributed by atoms with Crippen LogP contribution in [0.5, 0.6) is 0 Å². The van der Waals surface area contributed by atoms with E-state index in [1.165, 1.54) is 4.90 Å². The molecular formula is C22H17F4N3O4. The molecule has 0 spiro atoms. The van der Waals surface area contributed by atoms with E-state index in [-0.39, 0.29) is 25.2 Å². The monoisotopic (exact) mass is 463 g/mol. The molecule has 3 heterocycles. The molecule has 0 saturated carbocycles. The van der Waals surface area contributed by atoms with Crippen molar-refractivity contribution in [2.24, 2.45) is 0 Å². The zero-order chi connectivity index (χ0) is 23.4. The van der Waals surface area contributed by atoms with Crippen LogP contribution in [0, 0.1) is 23.3 Å². The van der Waals surface area contributed by atoms with Crippen LogP contribution in [-0.2, 0) is 4.74 Å². The van der Waals surface area contributed by atoms with E-state index in [4.69, 9.17) is 4.74 Å². The molecule has 11 heteroatoms. The number of carboxylic acid groups (broad SMARTS) is 1. The Morgan fingerprint density at radius 2 is 1.91 bits per heavy atom. The number of ether oxygens (including phenoxy) is 1. The summed E-state index contributed by atoms with van der Waals surface area (Å²) >= 11 is 0. The lowest BCUT2D eigenvalue weighted by Gasteiger charge is -2.25. The van der Waals surface area contributed by atoms with Crippen LogP contribution in [0.4, 0.5) is 23.2 Å². The van der Waals surface area contributed by atoms with E-state index in [9.17, 15) is 23.5 Å². The second kappa shape index (κ2) is 7.85. The first kappa shape index (κ1) is 21.4. The Bertz CT molecular complexity index is 1350. The predicted octanol–water partition coefficient (Wildman–Crippen LogP) is 2.42. The highest BCUT2D eigenvalue weighted by Gasteiger charge is 2.38. The van der Waals surface area contributed by atoms with Crippen molar-refractivity contribution in [3.05, 3.63) is 69.5 Å². The van der Waals surface area contributed by atoms with Gasteiger partial charge in [-0.15, -0.1) is 0 Å². The van der Waals surface area contributed by atoms with E-state index in [0.717, 1.165) is 29.0 Å². The first-order chi connectivity index (χ1) is 15.8. The van der Waals surface area contributed by atoms with E-state index in [0.29, 0.717) is 19.2 Å². The number of rotatable bonds is 3. The van der Waals surface area contributed by atoms with E-state index in [1.807, 2.05) is 0 Å². The number of hydrogen-bond acceptors (Lipinski definition) is 5. The van der Waals surface area contributed by atoms with E-state index >= 15 is 8.78 Å². The molecule has 2 aliphatic rings. The molecule has 0 amide bonds. The Kier molecular flexibility index (Phi) is 5.09. The topological polar surface area (TPSA) is 83.8 Å². The number of aromatic nitrogens is 1. The fourth-order valence-corrected chi connectivity index (χ4v) is 4.49. The molecule has 2 fully saturated rings. The molecule has 2 saturated heterocycles. The number of fused-ring (bicyclic) bond motifs is 2. The number of carbonyl (C=O) groups is 1. The van der Waals surface area contributed by atoms with Crippen LogP contribution < -0.4 is 15.6 Å². The maximum Gasteiger partial charge on any atom is 0.341 e. The third-order valence-electron chi connectivity index (χ3n) is 5.98. The lowest BCUT2D eigenvalue weighted by Crippen LogP contribution is -2.47. The summed E-state index contributed by atoms with van der Waals surface area (Å²) in [6.07, 6.45) is 0.460. The average molecular weight is 463 g/mol. The fourth-order valence-electron chi connectivity index (χ4n) is 4.49. The Labute approximate surface area is 183 Å². The second-order valence-electron chi connectivity index (χ2n) is 7.93. The molecule has 2 N–H and O–H groups in total. The highest BCUT2D eigenvalue weighted by molar-refractivity contribution is 5.94. The number of anilines is 1. The SMILES string of the molecule is O=C(O)c1cn(-c2ccc(F)cc2F)c2c(F)c(N3C[C@@H]4OCCN[C@@H]4C3)c(F)cc2c1=O. The van der Waals surface area contributed by atoms with Gasteiger partial charge in [0.25, 0.3) is 0 Å². The molecule has 2 aromatic carbocycles. The maximum absolute atomic E-state index is 15.9. The van der Waals surface area contributed by atoms with E-state index < -0.39 is 62.5 Å². The summed E-state index contributed by atoms with van der Waals surface area (Å²) in [5, 5.41) is 12.0. The van der Waals surface area contributed by atoms with Crippen molar-refractivity contribution >= 4 is 22.6 Å². The molecule has 0 aliphatic carbocycles. The molecule has 2 atom stereocenters. The molecule has 1 aromatic heterocycles. The summed E-state index contributed by atoms with van der Waals surface area (Å²) in [6, 6.07) is 3.01. The molecule has 33 heavy (non-hydrogen) atoms. The van der Waals surface area contributed by atoms with Gasteiger partial charge in [0, 0.05) is 31.9 Å². The van der Waals surface area contributed by atoms with Crippen molar-refractivity contribution in [2.45, 2.75) is 12.1 Å². The number of benzene rings is 2. The van der Waals surface area contributed by atoms with Gasteiger partial charge in [0.05, 0.1) is 35.3 Å². The normalized spacial score (nSPS) is 20.3. The van der Waals surface area contributed by atoms with Gasteiger partial charge in [-0.2, -0.15) is 0 Å². The summed E-state index contributed by atoms with van der Waals surface area (Å²) in [5.41, 5.74) is -3.31. The van der Waals surface area contributed by atoms with Gasteiger partial charge >= 0.3 is 5.97 Å². The van der Waals surface area contributed by atoms with Crippen LogP contribution in [-0.4, -0.2) is 54.0 Å². The number of carboxylic acids is 1. The summed E-state index contributed by atoms with van der Waals surface area (Å²) in [6.45, 7) is 1.46. The van der Waals surface area contributed by atoms with Gasteiger partial charge in [-0.05, 0) is 18.2 Å². The molecule has 5 rings (SSSR count). The molecule has 0 radical (unpaired) electrons. The lowest BCUT2D eigenvalue weighted by molar-refractivity contribution is 0.0212. The quantitative estimate of drug-likeness (QED) is 0.581. The van der Waals surface area contributed by atoms with Gasteiger partial charge < -0.3 is 24.6 Å². The Morgan fingerprint density at radius 3 is 2.61 bits per heavy atom. The van der Waals surface area contributed by atoms with Gasteiger partial charge in [0.15, 0.2) is 5.82 Å². The zero-order valence-electron chi connectivity index (χ0n) is 16.9. The molecule has 0 bridgehead atoms. The highest BCUT2D eigenvalue weighted by atomic mass is 19.1. The molecule has 3 aromatic rings. The number of morpholine rings is 1. The maximum atomic E-state index is 15.9. The minimum absolute atomic E-state index is 0.153. The first-order valence-corrected chi connectivity index (χ1v) is 10.1. The minimum atomic E-state index is -1.66. The van der Waals surface area contributed by atoms with Crippen LogP contribution in [0.1, 0.15) is 10.4 Å². The Balaban J connectivity index is 1.78.